The van der Waals surface area contributed by atoms with E-state index < -0.39 is 0 Å². The third kappa shape index (κ3) is 3.85. The number of carbonyl (C=O) groups is 1. The summed E-state index contributed by atoms with van der Waals surface area (Å²) in [4.78, 5) is 16.8. The molecule has 7 heteroatoms. The number of halogens is 1. The SMILES string of the molecule is O=C1C(=Cc2cccc(O)c2O)N(Cc2ccccc2)C(=[Se])N1c1ccc(Cl)cc1. The first kappa shape index (κ1) is 20.2. The Labute approximate surface area is 186 Å². The first-order valence-electron chi connectivity index (χ1n) is 9.14. The van der Waals surface area contributed by atoms with Crippen molar-refractivity contribution in [3.05, 3.63) is 94.6 Å². The molecule has 0 spiro atoms. The molecule has 2 N–H and O–H groups in total. The van der Waals surface area contributed by atoms with E-state index in [0.29, 0.717) is 33.2 Å². The summed E-state index contributed by atoms with van der Waals surface area (Å²) in [6.45, 7) is 0.449. The van der Waals surface area contributed by atoms with Crippen molar-refractivity contribution in [1.29, 1.82) is 0 Å². The molecule has 1 heterocycles. The van der Waals surface area contributed by atoms with Crippen molar-refractivity contribution >= 4 is 49.5 Å². The average Bonchev–Trinajstić information content (AvgIpc) is 2.97. The molecule has 30 heavy (non-hydrogen) atoms. The van der Waals surface area contributed by atoms with Crippen molar-refractivity contribution in [2.24, 2.45) is 0 Å². The number of nitrogens with zero attached hydrogens (tertiary/aromatic N) is 2. The van der Waals surface area contributed by atoms with Gasteiger partial charge in [0.2, 0.25) is 0 Å². The van der Waals surface area contributed by atoms with Crippen LogP contribution in [-0.2, 0) is 11.3 Å². The molecular formula is C23H17ClN2O3Se. The molecule has 0 aromatic heterocycles. The number of anilines is 1. The van der Waals surface area contributed by atoms with Crippen LogP contribution in [0.2, 0.25) is 5.02 Å². The number of hydrogen-bond acceptors (Lipinski definition) is 4. The maximum absolute atomic E-state index is 13.4. The molecule has 0 aliphatic carbocycles. The van der Waals surface area contributed by atoms with Gasteiger partial charge in [-0.3, -0.25) is 0 Å². The van der Waals surface area contributed by atoms with Crippen molar-refractivity contribution in [2.45, 2.75) is 6.54 Å². The minimum atomic E-state index is -0.274. The van der Waals surface area contributed by atoms with Gasteiger partial charge >= 0.3 is 187 Å². The van der Waals surface area contributed by atoms with Gasteiger partial charge in [0, 0.05) is 0 Å². The van der Waals surface area contributed by atoms with Gasteiger partial charge in [0.1, 0.15) is 0 Å². The molecule has 1 saturated heterocycles. The van der Waals surface area contributed by atoms with Crippen molar-refractivity contribution in [2.75, 3.05) is 4.90 Å². The number of phenolic OH excluding ortho intramolecular Hbond substituents is 2. The van der Waals surface area contributed by atoms with Crippen LogP contribution in [0.25, 0.3) is 6.08 Å². The topological polar surface area (TPSA) is 64.0 Å². The van der Waals surface area contributed by atoms with Gasteiger partial charge in [0.15, 0.2) is 0 Å². The summed E-state index contributed by atoms with van der Waals surface area (Å²) in [5, 5.41) is 20.6. The van der Waals surface area contributed by atoms with Crippen LogP contribution in [0.3, 0.4) is 0 Å². The van der Waals surface area contributed by atoms with Crippen LogP contribution in [0.15, 0.2) is 78.5 Å². The summed E-state index contributed by atoms with van der Waals surface area (Å²) < 4.78 is 0.608. The zero-order chi connectivity index (χ0) is 21.3. The summed E-state index contributed by atoms with van der Waals surface area (Å²) in [6.07, 6.45) is 1.58. The molecule has 0 unspecified atom stereocenters. The maximum atomic E-state index is 13.4. The van der Waals surface area contributed by atoms with E-state index >= 15 is 0 Å². The van der Waals surface area contributed by atoms with Crippen LogP contribution in [-0.4, -0.2) is 41.3 Å². The Morgan fingerprint density at radius 2 is 1.63 bits per heavy atom. The van der Waals surface area contributed by atoms with Crippen molar-refractivity contribution < 1.29 is 15.0 Å². The molecule has 1 amide bonds. The van der Waals surface area contributed by atoms with E-state index in [2.05, 4.69) is 15.6 Å². The number of carbonyl (C=O) groups excluding carboxylic acids is 1. The van der Waals surface area contributed by atoms with E-state index in [1.807, 2.05) is 35.2 Å². The summed E-state index contributed by atoms with van der Waals surface area (Å²) >= 11 is 9.01. The number of para-hydroxylation sites is 1. The van der Waals surface area contributed by atoms with Crippen LogP contribution >= 0.6 is 11.6 Å². The monoisotopic (exact) mass is 484 g/mol. The van der Waals surface area contributed by atoms with Crippen LogP contribution in [0.4, 0.5) is 5.69 Å². The number of hydrogen-bond donors (Lipinski definition) is 2. The van der Waals surface area contributed by atoms with Crippen LogP contribution in [0.1, 0.15) is 11.1 Å². The number of amides is 1. The van der Waals surface area contributed by atoms with Gasteiger partial charge in [-0.05, 0) is 0 Å². The van der Waals surface area contributed by atoms with Gasteiger partial charge < -0.3 is 0 Å². The average molecular weight is 484 g/mol. The first-order valence-corrected chi connectivity index (χ1v) is 10.4. The Kier molecular flexibility index (Phi) is 5.64. The molecule has 150 valence electrons. The van der Waals surface area contributed by atoms with E-state index in [9.17, 15) is 15.0 Å². The summed E-state index contributed by atoms with van der Waals surface area (Å²) in [6, 6.07) is 21.4. The standard InChI is InChI=1S/C23H17ClN2O3Se/c24-17-9-11-18(12-10-17)26-22(29)19(13-16-7-4-8-20(27)21(16)28)25(23(26)30)14-15-5-2-1-3-6-15/h1-13,27-28H,14H2. The second-order valence-electron chi connectivity index (χ2n) is 6.72. The number of aromatic hydroxyl groups is 2. The second kappa shape index (κ2) is 8.36. The molecule has 0 bridgehead atoms. The Balaban J connectivity index is 1.80. The van der Waals surface area contributed by atoms with Gasteiger partial charge in [0.25, 0.3) is 0 Å². The molecule has 5 nitrogen and oxygen atoms in total. The third-order valence-corrected chi connectivity index (χ3v) is 5.84. The molecule has 0 radical (unpaired) electrons. The van der Waals surface area contributed by atoms with Gasteiger partial charge in [-0.2, -0.15) is 0 Å². The molecule has 1 aliphatic rings. The summed E-state index contributed by atoms with van der Waals surface area (Å²) in [7, 11) is 0. The quantitative estimate of drug-likeness (QED) is 0.336. The number of benzene rings is 3. The molecule has 4 rings (SSSR count). The Bertz CT molecular complexity index is 1150. The predicted octanol–water partition coefficient (Wildman–Crippen LogP) is 3.90. The molecule has 3 aromatic rings. The minimum absolute atomic E-state index is 0.244. The third-order valence-electron chi connectivity index (χ3n) is 4.74. The Hall–Kier alpha value is -3.05. The van der Waals surface area contributed by atoms with Gasteiger partial charge in [-0.1, -0.05) is 0 Å². The molecule has 3 aromatic carbocycles. The number of phenols is 2. The zero-order valence-corrected chi connectivity index (χ0v) is 18.2. The van der Waals surface area contributed by atoms with Gasteiger partial charge in [0.05, 0.1) is 0 Å². The fraction of sp³-hybridized carbons (Fsp3) is 0.0435. The van der Waals surface area contributed by atoms with Crippen molar-refractivity contribution in [1.82, 2.24) is 4.90 Å². The Morgan fingerprint density at radius 3 is 2.33 bits per heavy atom. The fourth-order valence-electron chi connectivity index (χ4n) is 3.23. The van der Waals surface area contributed by atoms with Gasteiger partial charge in [-0.25, -0.2) is 0 Å². The summed E-state index contributed by atoms with van der Waals surface area (Å²) in [5.41, 5.74) is 2.40. The molecular weight excluding hydrogens is 467 g/mol. The van der Waals surface area contributed by atoms with E-state index in [0.717, 1.165) is 5.56 Å². The second-order valence-corrected chi connectivity index (χ2v) is 7.92. The fourth-order valence-corrected chi connectivity index (χ4v) is 4.09. The van der Waals surface area contributed by atoms with Crippen LogP contribution in [0, 0.1) is 0 Å². The molecule has 1 fully saturated rings. The normalized spacial score (nSPS) is 15.3. The predicted molar refractivity (Wildman–Crippen MR) is 119 cm³/mol. The van der Waals surface area contributed by atoms with E-state index in [-0.39, 0.29) is 17.4 Å². The number of rotatable bonds is 4. The van der Waals surface area contributed by atoms with E-state index in [1.165, 1.54) is 6.07 Å². The van der Waals surface area contributed by atoms with Crippen LogP contribution in [0.5, 0.6) is 11.5 Å². The van der Waals surface area contributed by atoms with Crippen LogP contribution < -0.4 is 4.90 Å². The van der Waals surface area contributed by atoms with E-state index in [4.69, 9.17) is 11.6 Å². The van der Waals surface area contributed by atoms with E-state index in [1.54, 1.807) is 47.4 Å². The first-order chi connectivity index (χ1) is 14.5. The van der Waals surface area contributed by atoms with Gasteiger partial charge in [-0.15, -0.1) is 0 Å². The van der Waals surface area contributed by atoms with Crippen molar-refractivity contribution in [3.8, 4) is 11.5 Å². The zero-order valence-electron chi connectivity index (χ0n) is 15.7. The summed E-state index contributed by atoms with van der Waals surface area (Å²) in [5.74, 6) is -0.778. The molecule has 0 saturated carbocycles. The van der Waals surface area contributed by atoms with Crippen molar-refractivity contribution in [3.63, 3.8) is 0 Å². The molecule has 1 aliphatic heterocycles. The molecule has 0 atom stereocenters. The Morgan fingerprint density at radius 1 is 0.933 bits per heavy atom.